The first-order valence-electron chi connectivity index (χ1n) is 4.02. The van der Waals surface area contributed by atoms with Crippen LogP contribution in [0.2, 0.25) is 0 Å². The number of methoxy groups -OCH3 is 1. The molecule has 0 saturated carbocycles. The highest BCUT2D eigenvalue weighted by molar-refractivity contribution is 9.10. The third-order valence-corrected chi connectivity index (χ3v) is 3.33. The van der Waals surface area contributed by atoms with Gasteiger partial charge in [0.2, 0.25) is 0 Å². The largest absolute Gasteiger partial charge is 0.469 e. The fraction of sp³-hybridized carbons (Fsp3) is 0.500. The van der Waals surface area contributed by atoms with Gasteiger partial charge in [-0.05, 0) is 15.9 Å². The lowest BCUT2D eigenvalue weighted by molar-refractivity contribution is -0.140. The topological polar surface area (TPSA) is 42.4 Å². The van der Waals surface area contributed by atoms with Crippen LogP contribution < -0.4 is 4.90 Å². The van der Waals surface area contributed by atoms with Crippen molar-refractivity contribution in [3.05, 3.63) is 9.98 Å². The monoisotopic (exact) mass is 278 g/mol. The predicted octanol–water partition coefficient (Wildman–Crippen LogP) is 1.90. The van der Waals surface area contributed by atoms with Crippen molar-refractivity contribution in [2.24, 2.45) is 0 Å². The molecule has 0 aliphatic heterocycles. The molecule has 14 heavy (non-hydrogen) atoms. The van der Waals surface area contributed by atoms with E-state index >= 15 is 0 Å². The maximum absolute atomic E-state index is 10.9. The van der Waals surface area contributed by atoms with Crippen LogP contribution >= 0.6 is 27.3 Å². The van der Waals surface area contributed by atoms with Crippen LogP contribution in [0.3, 0.4) is 0 Å². The molecule has 78 valence electrons. The third-order valence-electron chi connectivity index (χ3n) is 1.67. The number of nitrogens with zero attached hydrogens (tertiary/aromatic N) is 2. The van der Waals surface area contributed by atoms with Crippen molar-refractivity contribution in [1.82, 2.24) is 4.98 Å². The average molecular weight is 279 g/mol. The molecule has 1 aromatic rings. The fourth-order valence-electron chi connectivity index (χ4n) is 0.877. The van der Waals surface area contributed by atoms with Crippen LogP contribution in [-0.4, -0.2) is 31.7 Å². The molecule has 0 aromatic carbocycles. The molecule has 0 fully saturated rings. The minimum atomic E-state index is -0.201. The second-order valence-corrected chi connectivity index (χ2v) is 4.35. The molecule has 0 atom stereocenters. The summed E-state index contributed by atoms with van der Waals surface area (Å²) in [5.41, 5.74) is 0. The first kappa shape index (κ1) is 11.5. The molecule has 4 nitrogen and oxygen atoms in total. The van der Waals surface area contributed by atoms with E-state index in [4.69, 9.17) is 0 Å². The number of esters is 1. The standard InChI is InChI=1S/C8H11BrN2O2S/c1-11(4-3-7(12)13-2)8-10-6(9)5-14-8/h5H,3-4H2,1-2H3. The van der Waals surface area contributed by atoms with Crippen LogP contribution in [0.5, 0.6) is 0 Å². The van der Waals surface area contributed by atoms with Crippen molar-refractivity contribution >= 4 is 38.4 Å². The van der Waals surface area contributed by atoms with Gasteiger partial charge in [0, 0.05) is 19.0 Å². The van der Waals surface area contributed by atoms with Gasteiger partial charge in [0.05, 0.1) is 13.5 Å². The van der Waals surface area contributed by atoms with Gasteiger partial charge < -0.3 is 9.64 Å². The smallest absolute Gasteiger partial charge is 0.307 e. The number of aromatic nitrogens is 1. The number of carbonyl (C=O) groups is 1. The highest BCUT2D eigenvalue weighted by Gasteiger charge is 2.08. The van der Waals surface area contributed by atoms with Crippen molar-refractivity contribution in [1.29, 1.82) is 0 Å². The Labute approximate surface area is 95.0 Å². The average Bonchev–Trinajstić information content (AvgIpc) is 2.60. The number of anilines is 1. The number of hydrogen-bond donors (Lipinski definition) is 0. The molecule has 0 radical (unpaired) electrons. The summed E-state index contributed by atoms with van der Waals surface area (Å²) in [5, 5.41) is 2.80. The molecule has 0 bridgehead atoms. The van der Waals surface area contributed by atoms with E-state index in [1.807, 2.05) is 17.3 Å². The minimum Gasteiger partial charge on any atom is -0.469 e. The minimum absolute atomic E-state index is 0.201. The van der Waals surface area contributed by atoms with Gasteiger partial charge in [0.25, 0.3) is 0 Å². The van der Waals surface area contributed by atoms with E-state index in [2.05, 4.69) is 25.7 Å². The van der Waals surface area contributed by atoms with Crippen LogP contribution in [0.4, 0.5) is 5.13 Å². The zero-order valence-electron chi connectivity index (χ0n) is 7.99. The van der Waals surface area contributed by atoms with Crippen LogP contribution in [0.15, 0.2) is 9.98 Å². The van der Waals surface area contributed by atoms with E-state index in [0.717, 1.165) is 9.73 Å². The summed E-state index contributed by atoms with van der Waals surface area (Å²) in [7, 11) is 3.29. The molecular weight excluding hydrogens is 268 g/mol. The Bertz CT molecular complexity index is 316. The van der Waals surface area contributed by atoms with E-state index in [1.54, 1.807) is 0 Å². The van der Waals surface area contributed by atoms with Crippen LogP contribution in [0.25, 0.3) is 0 Å². The highest BCUT2D eigenvalue weighted by atomic mass is 79.9. The van der Waals surface area contributed by atoms with E-state index in [0.29, 0.717) is 13.0 Å². The first-order chi connectivity index (χ1) is 6.63. The molecule has 0 saturated heterocycles. The molecule has 1 heterocycles. The van der Waals surface area contributed by atoms with Crippen molar-refractivity contribution in [3.63, 3.8) is 0 Å². The number of thiazole rings is 1. The number of ether oxygens (including phenoxy) is 1. The van der Waals surface area contributed by atoms with E-state index < -0.39 is 0 Å². The summed E-state index contributed by atoms with van der Waals surface area (Å²) in [6, 6.07) is 0. The summed E-state index contributed by atoms with van der Waals surface area (Å²) in [6.45, 7) is 0.618. The van der Waals surface area contributed by atoms with Crippen molar-refractivity contribution < 1.29 is 9.53 Å². The zero-order valence-corrected chi connectivity index (χ0v) is 10.4. The second kappa shape index (κ2) is 5.31. The Hall–Kier alpha value is -0.620. The molecule has 0 aliphatic carbocycles. The molecule has 0 N–H and O–H groups in total. The molecule has 0 unspecified atom stereocenters. The predicted molar refractivity (Wildman–Crippen MR) is 59.7 cm³/mol. The highest BCUT2D eigenvalue weighted by Crippen LogP contribution is 2.22. The van der Waals surface area contributed by atoms with Crippen LogP contribution in [0.1, 0.15) is 6.42 Å². The van der Waals surface area contributed by atoms with Gasteiger partial charge in [-0.1, -0.05) is 0 Å². The lowest BCUT2D eigenvalue weighted by Crippen LogP contribution is -2.21. The lowest BCUT2D eigenvalue weighted by atomic mass is 10.4. The summed E-state index contributed by atoms with van der Waals surface area (Å²) in [4.78, 5) is 17.0. The summed E-state index contributed by atoms with van der Waals surface area (Å²) < 4.78 is 5.37. The number of rotatable bonds is 4. The molecule has 0 aliphatic rings. The molecule has 1 aromatic heterocycles. The lowest BCUT2D eigenvalue weighted by Gasteiger charge is -2.14. The molecule has 1 rings (SSSR count). The molecule has 0 amide bonds. The van der Waals surface area contributed by atoms with Crippen LogP contribution in [-0.2, 0) is 9.53 Å². The van der Waals surface area contributed by atoms with Gasteiger partial charge in [-0.3, -0.25) is 4.79 Å². The molecular formula is C8H11BrN2O2S. The summed E-state index contributed by atoms with van der Waals surface area (Å²) in [6.07, 6.45) is 0.379. The third kappa shape index (κ3) is 3.26. The van der Waals surface area contributed by atoms with Crippen molar-refractivity contribution in [2.75, 3.05) is 25.6 Å². The molecule has 6 heteroatoms. The van der Waals surface area contributed by atoms with Gasteiger partial charge in [-0.15, -0.1) is 11.3 Å². The second-order valence-electron chi connectivity index (χ2n) is 2.70. The normalized spacial score (nSPS) is 9.93. The van der Waals surface area contributed by atoms with Gasteiger partial charge in [-0.2, -0.15) is 0 Å². The fourth-order valence-corrected chi connectivity index (χ4v) is 2.12. The van der Waals surface area contributed by atoms with Crippen molar-refractivity contribution in [2.45, 2.75) is 6.42 Å². The van der Waals surface area contributed by atoms with Crippen molar-refractivity contribution in [3.8, 4) is 0 Å². The Morgan fingerprint density at radius 1 is 1.79 bits per heavy atom. The van der Waals surface area contributed by atoms with E-state index in [9.17, 15) is 4.79 Å². The van der Waals surface area contributed by atoms with Gasteiger partial charge in [0.15, 0.2) is 5.13 Å². The number of halogens is 1. The zero-order chi connectivity index (χ0) is 10.6. The van der Waals surface area contributed by atoms with E-state index in [1.165, 1.54) is 18.4 Å². The maximum atomic E-state index is 10.9. The van der Waals surface area contributed by atoms with Gasteiger partial charge in [0.1, 0.15) is 4.60 Å². The van der Waals surface area contributed by atoms with E-state index in [-0.39, 0.29) is 5.97 Å². The number of hydrogen-bond acceptors (Lipinski definition) is 5. The first-order valence-corrected chi connectivity index (χ1v) is 5.69. The SMILES string of the molecule is COC(=O)CCN(C)c1nc(Br)cs1. The Morgan fingerprint density at radius 2 is 2.50 bits per heavy atom. The summed E-state index contributed by atoms with van der Waals surface area (Å²) >= 11 is 4.81. The Morgan fingerprint density at radius 3 is 3.00 bits per heavy atom. The maximum Gasteiger partial charge on any atom is 0.307 e. The number of carbonyl (C=O) groups excluding carboxylic acids is 1. The quantitative estimate of drug-likeness (QED) is 0.789. The van der Waals surface area contributed by atoms with Crippen LogP contribution in [0, 0.1) is 0 Å². The Kier molecular flexibility index (Phi) is 4.34. The Balaban J connectivity index is 2.42. The molecule has 0 spiro atoms. The van der Waals surface area contributed by atoms with Gasteiger partial charge in [-0.25, -0.2) is 4.98 Å². The summed E-state index contributed by atoms with van der Waals surface area (Å²) in [5.74, 6) is -0.201. The van der Waals surface area contributed by atoms with Gasteiger partial charge >= 0.3 is 5.97 Å².